The van der Waals surface area contributed by atoms with E-state index in [4.69, 9.17) is 0 Å². The monoisotopic (exact) mass is 231 g/mol. The quantitative estimate of drug-likeness (QED) is 0.819. The zero-order chi connectivity index (χ0) is 12.0. The maximum Gasteiger partial charge on any atom is 0.112 e. The number of hydrogen-bond acceptors (Lipinski definition) is 2. The van der Waals surface area contributed by atoms with E-state index in [1.165, 1.54) is 12.0 Å². The molecule has 0 heterocycles. The minimum Gasteiger partial charge on any atom is -0.383 e. The Morgan fingerprint density at radius 1 is 1.29 bits per heavy atom. The van der Waals surface area contributed by atoms with Crippen LogP contribution in [0, 0.1) is 0 Å². The predicted octanol–water partition coefficient (Wildman–Crippen LogP) is 2.52. The van der Waals surface area contributed by atoms with Crippen molar-refractivity contribution in [3.05, 3.63) is 35.4 Å². The van der Waals surface area contributed by atoms with Gasteiger partial charge in [-0.3, -0.25) is 0 Å². The molecule has 1 fully saturated rings. The van der Waals surface area contributed by atoms with Crippen LogP contribution in [0.25, 0.3) is 0 Å². The molecule has 2 aliphatic carbocycles. The molecule has 2 nitrogen and oxygen atoms in total. The summed E-state index contributed by atoms with van der Waals surface area (Å²) in [6, 6.07) is 9.02. The molecule has 0 spiro atoms. The Hall–Kier alpha value is -0.860. The molecule has 0 aliphatic heterocycles. The van der Waals surface area contributed by atoms with Gasteiger partial charge in [-0.2, -0.15) is 0 Å². The summed E-state index contributed by atoms with van der Waals surface area (Å²) in [7, 11) is 0. The molecule has 0 bridgehead atoms. The van der Waals surface area contributed by atoms with Crippen LogP contribution in [0.3, 0.4) is 0 Å². The number of fused-ring (bicyclic) bond motifs is 4. The molecule has 0 radical (unpaired) electrons. The van der Waals surface area contributed by atoms with E-state index >= 15 is 0 Å². The predicted molar refractivity (Wildman–Crippen MR) is 69.0 cm³/mol. The maximum atomic E-state index is 11.0. The highest BCUT2D eigenvalue weighted by atomic mass is 16.3. The van der Waals surface area contributed by atoms with Crippen molar-refractivity contribution in [2.45, 2.75) is 56.7 Å². The molecule has 0 saturated heterocycles. The Labute approximate surface area is 103 Å². The van der Waals surface area contributed by atoms with Gasteiger partial charge in [-0.05, 0) is 24.0 Å². The van der Waals surface area contributed by atoms with E-state index in [1.54, 1.807) is 0 Å². The SMILES string of the molecule is CC(C)N[C@H]1CCC[C@H]2c3ccccc3[C@]12O. The van der Waals surface area contributed by atoms with Gasteiger partial charge in [0.05, 0.1) is 0 Å². The van der Waals surface area contributed by atoms with Gasteiger partial charge in [0.2, 0.25) is 0 Å². The fraction of sp³-hybridized carbons (Fsp3) is 0.600. The molecule has 2 heteroatoms. The smallest absolute Gasteiger partial charge is 0.112 e. The van der Waals surface area contributed by atoms with Gasteiger partial charge in [0, 0.05) is 18.0 Å². The number of aliphatic hydroxyl groups is 1. The van der Waals surface area contributed by atoms with Crippen molar-refractivity contribution in [2.24, 2.45) is 0 Å². The summed E-state index contributed by atoms with van der Waals surface area (Å²) < 4.78 is 0. The Kier molecular flexibility index (Phi) is 2.53. The van der Waals surface area contributed by atoms with Gasteiger partial charge < -0.3 is 10.4 Å². The highest BCUT2D eigenvalue weighted by molar-refractivity contribution is 5.49. The third-order valence-corrected chi connectivity index (χ3v) is 4.35. The summed E-state index contributed by atoms with van der Waals surface area (Å²) in [6.45, 7) is 4.30. The standard InChI is InChI=1S/C15H21NO/c1-10(2)16-14-9-5-8-13-11-6-3-4-7-12(11)15(13,14)17/h3-4,6-7,10,13-14,16-17H,5,8-9H2,1-2H3/t13-,14-,15+/m0/s1. The van der Waals surface area contributed by atoms with Gasteiger partial charge in [-0.15, -0.1) is 0 Å². The van der Waals surface area contributed by atoms with E-state index in [0.717, 1.165) is 18.4 Å². The zero-order valence-corrected chi connectivity index (χ0v) is 10.6. The first-order chi connectivity index (χ1) is 8.14. The topological polar surface area (TPSA) is 32.3 Å². The van der Waals surface area contributed by atoms with E-state index in [2.05, 4.69) is 37.4 Å². The third kappa shape index (κ3) is 1.47. The second-order valence-electron chi connectivity index (χ2n) is 5.77. The number of nitrogens with one attached hydrogen (secondary N) is 1. The lowest BCUT2D eigenvalue weighted by Gasteiger charge is -2.55. The van der Waals surface area contributed by atoms with Crippen LogP contribution in [-0.2, 0) is 5.60 Å². The van der Waals surface area contributed by atoms with Crippen molar-refractivity contribution in [3.63, 3.8) is 0 Å². The van der Waals surface area contributed by atoms with Gasteiger partial charge in [0.1, 0.15) is 5.60 Å². The highest BCUT2D eigenvalue weighted by Gasteiger charge is 2.56. The van der Waals surface area contributed by atoms with Crippen LogP contribution in [-0.4, -0.2) is 17.2 Å². The van der Waals surface area contributed by atoms with Crippen LogP contribution in [0.4, 0.5) is 0 Å². The largest absolute Gasteiger partial charge is 0.383 e. The molecule has 2 aliphatic rings. The van der Waals surface area contributed by atoms with E-state index in [9.17, 15) is 5.11 Å². The molecular weight excluding hydrogens is 210 g/mol. The van der Waals surface area contributed by atoms with Crippen molar-refractivity contribution in [3.8, 4) is 0 Å². The minimum absolute atomic E-state index is 0.219. The summed E-state index contributed by atoms with van der Waals surface area (Å²) in [4.78, 5) is 0. The van der Waals surface area contributed by atoms with Crippen molar-refractivity contribution >= 4 is 0 Å². The average Bonchev–Trinajstić information content (AvgIpc) is 2.30. The number of benzene rings is 1. The molecular formula is C15H21NO. The molecule has 17 heavy (non-hydrogen) atoms. The summed E-state index contributed by atoms with van der Waals surface area (Å²) in [6.07, 6.45) is 3.43. The van der Waals surface area contributed by atoms with Crippen LogP contribution in [0.2, 0.25) is 0 Å². The van der Waals surface area contributed by atoms with Gasteiger partial charge in [0.15, 0.2) is 0 Å². The van der Waals surface area contributed by atoms with Crippen molar-refractivity contribution in [1.82, 2.24) is 5.32 Å². The minimum atomic E-state index is -0.612. The van der Waals surface area contributed by atoms with E-state index in [0.29, 0.717) is 12.0 Å². The summed E-state index contributed by atoms with van der Waals surface area (Å²) >= 11 is 0. The Morgan fingerprint density at radius 2 is 2.06 bits per heavy atom. The molecule has 3 rings (SSSR count). The number of hydrogen-bond donors (Lipinski definition) is 2. The highest BCUT2D eigenvalue weighted by Crippen LogP contribution is 2.57. The van der Waals surface area contributed by atoms with Gasteiger partial charge in [0.25, 0.3) is 0 Å². The van der Waals surface area contributed by atoms with Crippen LogP contribution < -0.4 is 5.32 Å². The first kappa shape index (κ1) is 11.2. The van der Waals surface area contributed by atoms with E-state index in [1.807, 2.05) is 6.07 Å². The molecule has 1 aromatic rings. The first-order valence-corrected chi connectivity index (χ1v) is 6.72. The first-order valence-electron chi connectivity index (χ1n) is 6.72. The molecule has 3 atom stereocenters. The van der Waals surface area contributed by atoms with Crippen LogP contribution in [0.15, 0.2) is 24.3 Å². The average molecular weight is 231 g/mol. The third-order valence-electron chi connectivity index (χ3n) is 4.35. The van der Waals surface area contributed by atoms with Crippen molar-refractivity contribution in [2.75, 3.05) is 0 Å². The fourth-order valence-electron chi connectivity index (χ4n) is 3.68. The Bertz CT molecular complexity index is 429. The fourth-order valence-corrected chi connectivity index (χ4v) is 3.68. The van der Waals surface area contributed by atoms with Crippen LogP contribution in [0.5, 0.6) is 0 Å². The van der Waals surface area contributed by atoms with Crippen LogP contribution in [0.1, 0.15) is 50.2 Å². The van der Waals surface area contributed by atoms with E-state index in [-0.39, 0.29) is 6.04 Å². The van der Waals surface area contributed by atoms with Crippen molar-refractivity contribution in [1.29, 1.82) is 0 Å². The molecule has 2 N–H and O–H groups in total. The second kappa shape index (κ2) is 3.82. The Balaban J connectivity index is 1.96. The summed E-state index contributed by atoms with van der Waals surface area (Å²) in [5, 5.41) is 14.6. The maximum absolute atomic E-state index is 11.0. The van der Waals surface area contributed by atoms with Gasteiger partial charge in [-0.25, -0.2) is 0 Å². The van der Waals surface area contributed by atoms with Crippen molar-refractivity contribution < 1.29 is 5.11 Å². The Morgan fingerprint density at radius 3 is 2.82 bits per heavy atom. The second-order valence-corrected chi connectivity index (χ2v) is 5.77. The normalized spacial score (nSPS) is 35.1. The summed E-state index contributed by atoms with van der Waals surface area (Å²) in [5.41, 5.74) is 1.91. The molecule has 0 unspecified atom stereocenters. The van der Waals surface area contributed by atoms with Gasteiger partial charge in [-0.1, -0.05) is 44.5 Å². The molecule has 0 amide bonds. The van der Waals surface area contributed by atoms with Crippen LogP contribution >= 0.6 is 0 Å². The lowest BCUT2D eigenvalue weighted by molar-refractivity contribution is -0.0791. The summed E-state index contributed by atoms with van der Waals surface area (Å²) in [5.74, 6) is 0.351. The molecule has 1 aromatic carbocycles. The van der Waals surface area contributed by atoms with Gasteiger partial charge >= 0.3 is 0 Å². The molecule has 1 saturated carbocycles. The van der Waals surface area contributed by atoms with E-state index < -0.39 is 5.60 Å². The lowest BCUT2D eigenvalue weighted by Crippen LogP contribution is -2.60. The number of rotatable bonds is 2. The molecule has 0 aromatic heterocycles. The molecule has 92 valence electrons. The lowest BCUT2D eigenvalue weighted by atomic mass is 9.56. The zero-order valence-electron chi connectivity index (χ0n) is 10.6.